The topological polar surface area (TPSA) is 46.1 Å². The van der Waals surface area contributed by atoms with Crippen molar-refractivity contribution >= 4 is 11.6 Å². The van der Waals surface area contributed by atoms with Gasteiger partial charge in [0, 0.05) is 63.6 Å². The summed E-state index contributed by atoms with van der Waals surface area (Å²) in [7, 11) is 0. The van der Waals surface area contributed by atoms with Crippen LogP contribution in [-0.4, -0.2) is 92.9 Å². The molecule has 0 saturated carbocycles. The van der Waals surface area contributed by atoms with Gasteiger partial charge in [0.25, 0.3) is 0 Å². The number of anilines is 1. The van der Waals surface area contributed by atoms with Crippen molar-refractivity contribution in [2.24, 2.45) is 4.99 Å². The monoisotopic (exact) mass is 440 g/mol. The SMILES string of the molecule is CCNC(=NCC(C)N1CCN(c2ccccc2)CC1)NC1CCN(CC(F)(F)F)C1. The summed E-state index contributed by atoms with van der Waals surface area (Å²) >= 11 is 0. The molecule has 2 unspecified atom stereocenters. The van der Waals surface area contributed by atoms with Gasteiger partial charge in [-0.15, -0.1) is 0 Å². The molecule has 1 aromatic carbocycles. The van der Waals surface area contributed by atoms with E-state index in [1.54, 1.807) is 0 Å². The van der Waals surface area contributed by atoms with E-state index in [0.29, 0.717) is 38.1 Å². The first-order valence-corrected chi connectivity index (χ1v) is 11.2. The van der Waals surface area contributed by atoms with Gasteiger partial charge in [-0.1, -0.05) is 18.2 Å². The average molecular weight is 441 g/mol. The van der Waals surface area contributed by atoms with E-state index in [2.05, 4.69) is 51.6 Å². The minimum Gasteiger partial charge on any atom is -0.369 e. The van der Waals surface area contributed by atoms with Crippen molar-refractivity contribution in [3.05, 3.63) is 30.3 Å². The number of piperazine rings is 1. The van der Waals surface area contributed by atoms with E-state index >= 15 is 0 Å². The molecule has 0 aliphatic carbocycles. The van der Waals surface area contributed by atoms with Crippen molar-refractivity contribution in [1.82, 2.24) is 20.4 Å². The molecule has 2 fully saturated rings. The van der Waals surface area contributed by atoms with E-state index < -0.39 is 12.7 Å². The first kappa shape index (κ1) is 23.7. The second-order valence-electron chi connectivity index (χ2n) is 8.41. The van der Waals surface area contributed by atoms with Crippen LogP contribution < -0.4 is 15.5 Å². The molecule has 2 saturated heterocycles. The minimum atomic E-state index is -4.15. The second kappa shape index (κ2) is 11.0. The standard InChI is InChI=1S/C22H35F3N6/c1-3-26-21(28-19-9-10-29(16-19)17-22(23,24)25)27-15-18(2)30-11-13-31(14-12-30)20-7-5-4-6-8-20/h4-8,18-19H,3,9-17H2,1-2H3,(H2,26,27,28). The lowest BCUT2D eigenvalue weighted by molar-refractivity contribution is -0.143. The van der Waals surface area contributed by atoms with Crippen LogP contribution in [0.25, 0.3) is 0 Å². The zero-order valence-electron chi connectivity index (χ0n) is 18.5. The number of nitrogens with zero attached hydrogens (tertiary/aromatic N) is 4. The van der Waals surface area contributed by atoms with Crippen molar-refractivity contribution < 1.29 is 13.2 Å². The Hall–Kier alpha value is -2.00. The van der Waals surface area contributed by atoms with Gasteiger partial charge in [0.2, 0.25) is 0 Å². The Balaban J connectivity index is 1.46. The maximum Gasteiger partial charge on any atom is 0.401 e. The molecule has 0 radical (unpaired) electrons. The molecule has 31 heavy (non-hydrogen) atoms. The van der Waals surface area contributed by atoms with E-state index in [1.165, 1.54) is 10.6 Å². The summed E-state index contributed by atoms with van der Waals surface area (Å²) in [5, 5.41) is 6.55. The Labute approximate surface area is 183 Å². The van der Waals surface area contributed by atoms with Crippen LogP contribution >= 0.6 is 0 Å². The molecule has 0 spiro atoms. The molecule has 0 bridgehead atoms. The number of guanidine groups is 1. The molecule has 2 N–H and O–H groups in total. The van der Waals surface area contributed by atoms with Gasteiger partial charge in [-0.05, 0) is 32.4 Å². The molecule has 3 rings (SSSR count). The number of para-hydroxylation sites is 1. The third kappa shape index (κ3) is 7.57. The number of rotatable bonds is 7. The Morgan fingerprint density at radius 3 is 2.48 bits per heavy atom. The van der Waals surface area contributed by atoms with Gasteiger partial charge in [-0.25, -0.2) is 0 Å². The number of hydrogen-bond donors (Lipinski definition) is 2. The van der Waals surface area contributed by atoms with E-state index in [4.69, 9.17) is 4.99 Å². The molecule has 174 valence electrons. The molecule has 2 aliphatic rings. The minimum absolute atomic E-state index is 0.00938. The molecular formula is C22H35F3N6. The summed E-state index contributed by atoms with van der Waals surface area (Å²) in [5.41, 5.74) is 1.27. The van der Waals surface area contributed by atoms with Crippen molar-refractivity contribution in [3.63, 3.8) is 0 Å². The summed E-state index contributed by atoms with van der Waals surface area (Å²) in [4.78, 5) is 11.0. The summed E-state index contributed by atoms with van der Waals surface area (Å²) < 4.78 is 37.9. The van der Waals surface area contributed by atoms with Gasteiger partial charge in [-0.2, -0.15) is 13.2 Å². The van der Waals surface area contributed by atoms with Gasteiger partial charge in [-0.3, -0.25) is 14.8 Å². The molecule has 2 aliphatic heterocycles. The molecule has 1 aromatic rings. The molecule has 0 amide bonds. The number of likely N-dealkylation sites (tertiary alicyclic amines) is 1. The predicted octanol–water partition coefficient (Wildman–Crippen LogP) is 2.39. The fraction of sp³-hybridized carbons (Fsp3) is 0.682. The Bertz CT molecular complexity index is 688. The lowest BCUT2D eigenvalue weighted by Crippen LogP contribution is -2.51. The smallest absolute Gasteiger partial charge is 0.369 e. The third-order valence-corrected chi connectivity index (χ3v) is 5.93. The summed E-state index contributed by atoms with van der Waals surface area (Å²) in [6.45, 7) is 9.52. The van der Waals surface area contributed by atoms with Crippen molar-refractivity contribution in [3.8, 4) is 0 Å². The highest BCUT2D eigenvalue weighted by Gasteiger charge is 2.34. The third-order valence-electron chi connectivity index (χ3n) is 5.93. The van der Waals surface area contributed by atoms with Crippen LogP contribution in [0.1, 0.15) is 20.3 Å². The van der Waals surface area contributed by atoms with Crippen LogP contribution in [0.15, 0.2) is 35.3 Å². The predicted molar refractivity (Wildman–Crippen MR) is 120 cm³/mol. The van der Waals surface area contributed by atoms with E-state index in [9.17, 15) is 13.2 Å². The van der Waals surface area contributed by atoms with Crippen LogP contribution in [0, 0.1) is 0 Å². The van der Waals surface area contributed by atoms with Crippen LogP contribution in [-0.2, 0) is 0 Å². The fourth-order valence-electron chi connectivity index (χ4n) is 4.26. The first-order valence-electron chi connectivity index (χ1n) is 11.2. The maximum atomic E-state index is 12.6. The lowest BCUT2D eigenvalue weighted by atomic mass is 10.2. The molecule has 0 aromatic heterocycles. The number of benzene rings is 1. The van der Waals surface area contributed by atoms with Crippen molar-refractivity contribution in [1.29, 1.82) is 0 Å². The van der Waals surface area contributed by atoms with Crippen LogP contribution in [0.5, 0.6) is 0 Å². The lowest BCUT2D eigenvalue weighted by Gasteiger charge is -2.38. The van der Waals surface area contributed by atoms with Crippen LogP contribution in [0.2, 0.25) is 0 Å². The summed E-state index contributed by atoms with van der Waals surface area (Å²) in [6.07, 6.45) is -3.45. The van der Waals surface area contributed by atoms with Gasteiger partial charge in [0.05, 0.1) is 13.1 Å². The Kier molecular flexibility index (Phi) is 8.43. The zero-order valence-corrected chi connectivity index (χ0v) is 18.5. The summed E-state index contributed by atoms with van der Waals surface area (Å²) in [5.74, 6) is 0.691. The molecule has 9 heteroatoms. The van der Waals surface area contributed by atoms with Gasteiger partial charge in [0.15, 0.2) is 5.96 Å². The average Bonchev–Trinajstić information content (AvgIpc) is 3.17. The maximum absolute atomic E-state index is 12.6. The van der Waals surface area contributed by atoms with Gasteiger partial charge < -0.3 is 15.5 Å². The van der Waals surface area contributed by atoms with E-state index in [0.717, 1.165) is 32.7 Å². The van der Waals surface area contributed by atoms with Crippen molar-refractivity contribution in [2.45, 2.75) is 38.5 Å². The van der Waals surface area contributed by atoms with E-state index in [-0.39, 0.29) is 6.04 Å². The molecule has 2 heterocycles. The first-order chi connectivity index (χ1) is 14.8. The number of nitrogens with one attached hydrogen (secondary N) is 2. The largest absolute Gasteiger partial charge is 0.401 e. The molecule has 2 atom stereocenters. The second-order valence-corrected chi connectivity index (χ2v) is 8.41. The van der Waals surface area contributed by atoms with Crippen LogP contribution in [0.3, 0.4) is 0 Å². The highest BCUT2D eigenvalue weighted by molar-refractivity contribution is 5.80. The quantitative estimate of drug-likeness (QED) is 0.504. The van der Waals surface area contributed by atoms with E-state index in [1.807, 2.05) is 13.0 Å². The highest BCUT2D eigenvalue weighted by atomic mass is 19.4. The van der Waals surface area contributed by atoms with Crippen LogP contribution in [0.4, 0.5) is 18.9 Å². The number of aliphatic imine (C=N–C) groups is 1. The van der Waals surface area contributed by atoms with Gasteiger partial charge in [0.1, 0.15) is 0 Å². The van der Waals surface area contributed by atoms with Crippen molar-refractivity contribution in [2.75, 3.05) is 63.8 Å². The Morgan fingerprint density at radius 1 is 1.13 bits per heavy atom. The fourth-order valence-corrected chi connectivity index (χ4v) is 4.26. The number of halogens is 3. The zero-order chi connectivity index (χ0) is 22.3. The molecule has 6 nitrogen and oxygen atoms in total. The Morgan fingerprint density at radius 2 is 1.84 bits per heavy atom. The number of alkyl halides is 3. The molecular weight excluding hydrogens is 405 g/mol. The normalized spacial score (nSPS) is 22.5. The van der Waals surface area contributed by atoms with Gasteiger partial charge >= 0.3 is 6.18 Å². The number of hydrogen-bond acceptors (Lipinski definition) is 4. The summed E-state index contributed by atoms with van der Waals surface area (Å²) in [6, 6.07) is 10.8. The highest BCUT2D eigenvalue weighted by Crippen LogP contribution is 2.20.